The number of carbonyl (C=O) groups excluding carboxylic acids is 1. The molecule has 162 valence electrons. The second-order valence-corrected chi connectivity index (χ2v) is 8.85. The van der Waals surface area contributed by atoms with Gasteiger partial charge in [-0.15, -0.1) is 11.3 Å². The third-order valence-corrected chi connectivity index (χ3v) is 6.45. The number of likely N-dealkylation sites (tertiary alicyclic amines) is 1. The quantitative estimate of drug-likeness (QED) is 0.446. The molecule has 1 aromatic heterocycles. The normalized spacial score (nSPS) is 18.7. The van der Waals surface area contributed by atoms with Crippen molar-refractivity contribution in [2.75, 3.05) is 19.6 Å². The molecule has 0 spiro atoms. The van der Waals surface area contributed by atoms with Crippen LogP contribution in [0.4, 0.5) is 0 Å². The van der Waals surface area contributed by atoms with Crippen molar-refractivity contribution >= 4 is 23.2 Å². The van der Waals surface area contributed by atoms with Crippen molar-refractivity contribution < 1.29 is 4.79 Å². The number of amides is 1. The van der Waals surface area contributed by atoms with Crippen molar-refractivity contribution in [3.63, 3.8) is 0 Å². The average molecular weight is 428 g/mol. The fourth-order valence-electron chi connectivity index (χ4n) is 3.82. The van der Waals surface area contributed by atoms with E-state index >= 15 is 0 Å². The van der Waals surface area contributed by atoms with E-state index < -0.39 is 0 Å². The molecule has 7 heteroatoms. The first-order chi connectivity index (χ1) is 14.5. The molecule has 2 unspecified atom stereocenters. The second-order valence-electron chi connectivity index (χ2n) is 7.87. The fourth-order valence-corrected chi connectivity index (χ4v) is 4.55. The maximum atomic E-state index is 11.5. The van der Waals surface area contributed by atoms with E-state index in [1.54, 1.807) is 11.3 Å². The Morgan fingerprint density at radius 3 is 2.90 bits per heavy atom. The van der Waals surface area contributed by atoms with Gasteiger partial charge in [-0.3, -0.25) is 9.69 Å². The maximum Gasteiger partial charge on any atom is 0.221 e. The minimum absolute atomic E-state index is 0.0226. The van der Waals surface area contributed by atoms with Crippen molar-refractivity contribution in [3.05, 3.63) is 57.8 Å². The van der Waals surface area contributed by atoms with Crippen molar-refractivity contribution in [2.24, 2.45) is 16.6 Å². The molecule has 2 heterocycles. The predicted octanol–water partition coefficient (Wildman–Crippen LogP) is 3.26. The number of carbonyl (C=O) groups is 1. The SMILES string of the molecule is CCNC(=NCc1cccc(CN2CCCC(C(N)=O)C2)c1)NC(C)c1cccs1. The highest BCUT2D eigenvalue weighted by Crippen LogP contribution is 2.20. The zero-order valence-electron chi connectivity index (χ0n) is 17.9. The smallest absolute Gasteiger partial charge is 0.221 e. The highest BCUT2D eigenvalue weighted by molar-refractivity contribution is 7.10. The Hall–Kier alpha value is -2.38. The van der Waals surface area contributed by atoms with Crippen molar-refractivity contribution in [2.45, 2.75) is 45.8 Å². The Bertz CT molecular complexity index is 836. The number of primary amides is 1. The first-order valence-electron chi connectivity index (χ1n) is 10.7. The molecule has 0 radical (unpaired) electrons. The monoisotopic (exact) mass is 427 g/mol. The molecular weight excluding hydrogens is 394 g/mol. The van der Waals surface area contributed by atoms with Gasteiger partial charge in [0.15, 0.2) is 5.96 Å². The molecule has 0 bridgehead atoms. The number of hydrogen-bond donors (Lipinski definition) is 3. The molecule has 4 N–H and O–H groups in total. The van der Waals surface area contributed by atoms with E-state index in [0.29, 0.717) is 6.54 Å². The Labute approximate surface area is 183 Å². The molecular formula is C23H33N5OS. The zero-order chi connectivity index (χ0) is 21.3. The van der Waals surface area contributed by atoms with Gasteiger partial charge in [0.2, 0.25) is 5.91 Å². The number of nitrogens with one attached hydrogen (secondary N) is 2. The average Bonchev–Trinajstić information content (AvgIpc) is 3.28. The second kappa shape index (κ2) is 11.1. The van der Waals surface area contributed by atoms with Crippen LogP contribution in [0.25, 0.3) is 0 Å². The van der Waals surface area contributed by atoms with Gasteiger partial charge in [0, 0.05) is 24.5 Å². The molecule has 0 aliphatic carbocycles. The van der Waals surface area contributed by atoms with Crippen LogP contribution in [0, 0.1) is 5.92 Å². The molecule has 1 aliphatic rings. The number of nitrogens with zero attached hydrogens (tertiary/aromatic N) is 2. The fraction of sp³-hybridized carbons (Fsp3) is 0.478. The number of guanidine groups is 1. The lowest BCUT2D eigenvalue weighted by molar-refractivity contribution is -0.123. The highest BCUT2D eigenvalue weighted by Gasteiger charge is 2.23. The Kier molecular flexibility index (Phi) is 8.28. The first kappa shape index (κ1) is 22.3. The number of nitrogens with two attached hydrogens (primary N) is 1. The van der Waals surface area contributed by atoms with Crippen LogP contribution < -0.4 is 16.4 Å². The largest absolute Gasteiger partial charge is 0.369 e. The molecule has 2 atom stereocenters. The van der Waals surface area contributed by atoms with E-state index in [2.05, 4.69) is 71.2 Å². The molecule has 2 aromatic rings. The van der Waals surface area contributed by atoms with Gasteiger partial charge in [0.05, 0.1) is 18.5 Å². The van der Waals surface area contributed by atoms with E-state index in [4.69, 9.17) is 10.7 Å². The van der Waals surface area contributed by atoms with E-state index in [1.165, 1.54) is 16.0 Å². The van der Waals surface area contributed by atoms with Crippen LogP contribution in [-0.4, -0.2) is 36.4 Å². The van der Waals surface area contributed by atoms with Gasteiger partial charge in [0.25, 0.3) is 0 Å². The lowest BCUT2D eigenvalue weighted by Gasteiger charge is -2.31. The van der Waals surface area contributed by atoms with Gasteiger partial charge >= 0.3 is 0 Å². The van der Waals surface area contributed by atoms with Gasteiger partial charge in [-0.25, -0.2) is 4.99 Å². The van der Waals surface area contributed by atoms with E-state index in [1.807, 2.05) is 0 Å². The van der Waals surface area contributed by atoms with Gasteiger partial charge in [0.1, 0.15) is 0 Å². The third kappa shape index (κ3) is 6.57. The standard InChI is InChI=1S/C23H33N5OS/c1-3-25-23(27-17(2)21-10-6-12-30-21)26-14-18-7-4-8-19(13-18)15-28-11-5-9-20(16-28)22(24)29/h4,6-8,10,12-13,17,20H,3,5,9,11,14-16H2,1-2H3,(H2,24,29)(H2,25,26,27). The summed E-state index contributed by atoms with van der Waals surface area (Å²) < 4.78 is 0. The van der Waals surface area contributed by atoms with Crippen LogP contribution in [0.1, 0.15) is 48.7 Å². The molecule has 0 saturated carbocycles. The molecule has 1 aromatic carbocycles. The number of thiophene rings is 1. The first-order valence-corrected chi connectivity index (χ1v) is 11.6. The molecule has 1 amide bonds. The lowest BCUT2D eigenvalue weighted by Crippen LogP contribution is -2.40. The summed E-state index contributed by atoms with van der Waals surface area (Å²) in [5, 5.41) is 8.91. The van der Waals surface area contributed by atoms with Gasteiger partial charge in [-0.05, 0) is 55.8 Å². The van der Waals surface area contributed by atoms with Crippen LogP contribution in [0.3, 0.4) is 0 Å². The molecule has 30 heavy (non-hydrogen) atoms. The number of rotatable bonds is 8. The Balaban J connectivity index is 1.60. The molecule has 3 rings (SSSR count). The van der Waals surface area contributed by atoms with Crippen LogP contribution in [0.5, 0.6) is 0 Å². The van der Waals surface area contributed by atoms with Crippen LogP contribution >= 0.6 is 11.3 Å². The summed E-state index contributed by atoms with van der Waals surface area (Å²) >= 11 is 1.75. The summed E-state index contributed by atoms with van der Waals surface area (Å²) in [4.78, 5) is 19.9. The van der Waals surface area contributed by atoms with E-state index in [9.17, 15) is 4.79 Å². The topological polar surface area (TPSA) is 82.8 Å². The van der Waals surface area contributed by atoms with Crippen LogP contribution in [-0.2, 0) is 17.9 Å². The molecule has 1 aliphatic heterocycles. The van der Waals surface area contributed by atoms with Gasteiger partial charge in [-0.1, -0.05) is 30.3 Å². The molecule has 1 fully saturated rings. The Morgan fingerprint density at radius 1 is 1.33 bits per heavy atom. The summed E-state index contributed by atoms with van der Waals surface area (Å²) in [6.07, 6.45) is 1.93. The molecule has 6 nitrogen and oxygen atoms in total. The summed E-state index contributed by atoms with van der Waals surface area (Å²) in [7, 11) is 0. The number of aliphatic imine (C=N–C) groups is 1. The lowest BCUT2D eigenvalue weighted by atomic mass is 9.97. The zero-order valence-corrected chi connectivity index (χ0v) is 18.8. The van der Waals surface area contributed by atoms with Crippen LogP contribution in [0.15, 0.2) is 46.8 Å². The van der Waals surface area contributed by atoms with Gasteiger partial charge in [-0.2, -0.15) is 0 Å². The van der Waals surface area contributed by atoms with Gasteiger partial charge < -0.3 is 16.4 Å². The molecule has 1 saturated heterocycles. The highest BCUT2D eigenvalue weighted by atomic mass is 32.1. The van der Waals surface area contributed by atoms with E-state index in [-0.39, 0.29) is 17.9 Å². The van der Waals surface area contributed by atoms with Crippen LogP contribution in [0.2, 0.25) is 0 Å². The predicted molar refractivity (Wildman–Crippen MR) is 124 cm³/mol. The minimum atomic E-state index is -0.178. The van der Waals surface area contributed by atoms with Crippen molar-refractivity contribution in [3.8, 4) is 0 Å². The number of benzene rings is 1. The maximum absolute atomic E-state index is 11.5. The number of piperidine rings is 1. The summed E-state index contributed by atoms with van der Waals surface area (Å²) in [6, 6.07) is 13.0. The third-order valence-electron chi connectivity index (χ3n) is 5.39. The minimum Gasteiger partial charge on any atom is -0.369 e. The number of hydrogen-bond acceptors (Lipinski definition) is 4. The summed E-state index contributed by atoms with van der Waals surface area (Å²) in [6.45, 7) is 8.27. The summed E-state index contributed by atoms with van der Waals surface area (Å²) in [5.74, 6) is 0.623. The van der Waals surface area contributed by atoms with E-state index in [0.717, 1.165) is 45.0 Å². The van der Waals surface area contributed by atoms with Crippen molar-refractivity contribution in [1.29, 1.82) is 0 Å². The van der Waals surface area contributed by atoms with Crippen molar-refractivity contribution in [1.82, 2.24) is 15.5 Å². The Morgan fingerprint density at radius 2 is 2.17 bits per heavy atom. The summed E-state index contributed by atoms with van der Waals surface area (Å²) in [5.41, 5.74) is 7.94.